The van der Waals surface area contributed by atoms with E-state index in [4.69, 9.17) is 5.11 Å². The molecule has 0 aliphatic carbocycles. The average molecular weight is 535 g/mol. The van der Waals surface area contributed by atoms with Crippen LogP contribution in [0.1, 0.15) is 49.6 Å². The van der Waals surface area contributed by atoms with Crippen LogP contribution >= 0.6 is 0 Å². The Hall–Kier alpha value is -4.58. The van der Waals surface area contributed by atoms with E-state index in [1.165, 1.54) is 48.8 Å². The Kier molecular flexibility index (Phi) is 7.77. The number of halogens is 4. The number of nitrogens with zero attached hydrogens (tertiary/aromatic N) is 2. The van der Waals surface area contributed by atoms with Gasteiger partial charge in [0.05, 0.1) is 28.9 Å². The monoisotopic (exact) mass is 534 g/mol. The number of aryl methyl sites for hydroxylation is 1. The topological polar surface area (TPSA) is 88.5 Å². The van der Waals surface area contributed by atoms with Crippen molar-refractivity contribution in [3.8, 4) is 17.5 Å². The third-order valence-corrected chi connectivity index (χ3v) is 6.76. The lowest BCUT2D eigenvalue weighted by atomic mass is 9.80. The first kappa shape index (κ1) is 27.5. The molecule has 3 N–H and O–H groups in total. The van der Waals surface area contributed by atoms with E-state index in [-0.39, 0.29) is 23.0 Å². The van der Waals surface area contributed by atoms with Crippen molar-refractivity contribution in [3.05, 3.63) is 112 Å². The van der Waals surface area contributed by atoms with Crippen molar-refractivity contribution in [2.24, 2.45) is 0 Å². The normalized spacial score (nSPS) is 15.0. The number of benzene rings is 2. The van der Waals surface area contributed by atoms with Crippen molar-refractivity contribution in [3.63, 3.8) is 0 Å². The van der Waals surface area contributed by atoms with Gasteiger partial charge in [0.25, 0.3) is 0 Å². The van der Waals surface area contributed by atoms with Gasteiger partial charge in [-0.2, -0.15) is 5.26 Å². The van der Waals surface area contributed by atoms with Crippen molar-refractivity contribution in [2.75, 3.05) is 0 Å². The summed E-state index contributed by atoms with van der Waals surface area (Å²) in [7, 11) is 0. The van der Waals surface area contributed by atoms with E-state index in [2.05, 4.69) is 21.0 Å². The summed E-state index contributed by atoms with van der Waals surface area (Å²) in [4.78, 5) is 9.94. The summed E-state index contributed by atoms with van der Waals surface area (Å²) in [5, 5.41) is 19.1. The fourth-order valence-corrected chi connectivity index (χ4v) is 4.50. The van der Waals surface area contributed by atoms with E-state index in [0.717, 1.165) is 12.0 Å². The Morgan fingerprint density at radius 3 is 2.62 bits per heavy atom. The highest BCUT2D eigenvalue weighted by Gasteiger charge is 2.32. The number of aliphatic hydroxyl groups excluding tert-OH is 1. The number of aliphatic hydroxyl groups is 1. The summed E-state index contributed by atoms with van der Waals surface area (Å²) in [6, 6.07) is 12.5. The number of aromatic nitrogens is 3. The molecule has 200 valence electrons. The maximum Gasteiger partial charge on any atom is 0.195 e. The largest absolute Gasteiger partial charge is 0.512 e. The minimum Gasteiger partial charge on any atom is -0.512 e. The molecule has 39 heavy (non-hydrogen) atoms. The third-order valence-electron chi connectivity index (χ3n) is 6.76. The van der Waals surface area contributed by atoms with Crippen molar-refractivity contribution < 1.29 is 22.7 Å². The minimum atomic E-state index is -1.44. The Labute approximate surface area is 222 Å². The van der Waals surface area contributed by atoms with Gasteiger partial charge in [-0.3, -0.25) is 0 Å². The molecular weight excluding hydrogens is 508 g/mol. The van der Waals surface area contributed by atoms with Crippen LogP contribution in [0.2, 0.25) is 0 Å². The van der Waals surface area contributed by atoms with Crippen LogP contribution in [0.15, 0.2) is 66.9 Å². The highest BCUT2D eigenvalue weighted by Crippen LogP contribution is 2.34. The SMILES string of the molecule is CCCc1cc(F)cc(C(C)(C#N)c2cnc(-c3cc(/C(C)=c4/cc[nH]/c4=C(F)/C(F)=C/O)ccc3F)[nH]2)c1. The summed E-state index contributed by atoms with van der Waals surface area (Å²) < 4.78 is 57.5. The fraction of sp³-hybridized carbons (Fsp3) is 0.200. The predicted molar refractivity (Wildman–Crippen MR) is 141 cm³/mol. The molecule has 0 fully saturated rings. The molecule has 2 heterocycles. The number of H-pyrrole nitrogens is 2. The quantitative estimate of drug-likeness (QED) is 0.197. The molecular formula is C30H26F4N4O. The molecule has 2 aromatic heterocycles. The zero-order valence-electron chi connectivity index (χ0n) is 21.5. The van der Waals surface area contributed by atoms with Gasteiger partial charge in [0.2, 0.25) is 0 Å². The lowest BCUT2D eigenvalue weighted by Crippen LogP contribution is -2.26. The number of aromatic amines is 2. The second-order valence-electron chi connectivity index (χ2n) is 9.36. The molecule has 1 atom stereocenters. The van der Waals surface area contributed by atoms with Gasteiger partial charge in [-0.1, -0.05) is 25.5 Å². The van der Waals surface area contributed by atoms with Crippen molar-refractivity contribution in [2.45, 2.75) is 39.0 Å². The number of allylic oxidation sites excluding steroid dienone is 1. The second-order valence-corrected chi connectivity index (χ2v) is 9.36. The summed E-state index contributed by atoms with van der Waals surface area (Å²) >= 11 is 0. The fourth-order valence-electron chi connectivity index (χ4n) is 4.50. The maximum atomic E-state index is 15.0. The van der Waals surface area contributed by atoms with Gasteiger partial charge in [0, 0.05) is 11.4 Å². The van der Waals surface area contributed by atoms with Crippen LogP contribution in [0.4, 0.5) is 17.6 Å². The van der Waals surface area contributed by atoms with Crippen molar-refractivity contribution in [1.29, 1.82) is 5.26 Å². The number of hydrogen-bond acceptors (Lipinski definition) is 3. The average Bonchev–Trinajstić information content (AvgIpc) is 3.62. The molecule has 0 aliphatic rings. The molecule has 4 aromatic rings. The predicted octanol–water partition coefficient (Wildman–Crippen LogP) is 6.13. The molecule has 0 bridgehead atoms. The molecule has 0 amide bonds. The van der Waals surface area contributed by atoms with Crippen molar-refractivity contribution >= 4 is 11.4 Å². The van der Waals surface area contributed by atoms with Gasteiger partial charge < -0.3 is 15.1 Å². The van der Waals surface area contributed by atoms with Crippen LogP contribution in [-0.4, -0.2) is 20.1 Å². The lowest BCUT2D eigenvalue weighted by molar-refractivity contribution is 0.442. The van der Waals surface area contributed by atoms with Crippen LogP contribution in [0.3, 0.4) is 0 Å². The van der Waals surface area contributed by atoms with Crippen LogP contribution in [0, 0.1) is 23.0 Å². The summed E-state index contributed by atoms with van der Waals surface area (Å²) in [5.41, 5.74) is 1.38. The van der Waals surface area contributed by atoms with Gasteiger partial charge in [-0.15, -0.1) is 0 Å². The van der Waals surface area contributed by atoms with E-state index in [0.29, 0.717) is 34.0 Å². The third kappa shape index (κ3) is 5.23. The lowest BCUT2D eigenvalue weighted by Gasteiger charge is -2.21. The van der Waals surface area contributed by atoms with E-state index < -0.39 is 28.7 Å². The van der Waals surface area contributed by atoms with Gasteiger partial charge in [-0.25, -0.2) is 22.5 Å². The molecule has 0 saturated heterocycles. The molecule has 9 heteroatoms. The molecule has 0 radical (unpaired) electrons. The van der Waals surface area contributed by atoms with Gasteiger partial charge in [-0.05, 0) is 72.9 Å². The standard InChI is InChI=1S/C30H26F4N4O/c1-4-5-18-10-20(13-21(31)11-18)30(3,16-35)26-14-37-29(38-26)23-12-19(6-7-24(23)32)17(2)22-8-9-36-28(22)27(34)25(33)15-39/h6-15,36,39H,4-5H2,1-3H3,(H,37,38)/b22-17-,25-15-,28-27-. The van der Waals surface area contributed by atoms with Crippen LogP contribution in [-0.2, 0) is 11.8 Å². The maximum absolute atomic E-state index is 15.0. The summed E-state index contributed by atoms with van der Waals surface area (Å²) in [6.07, 6.45) is 4.34. The first-order valence-corrected chi connectivity index (χ1v) is 12.2. The van der Waals surface area contributed by atoms with E-state index >= 15 is 0 Å². The zero-order valence-corrected chi connectivity index (χ0v) is 21.5. The van der Waals surface area contributed by atoms with Crippen molar-refractivity contribution in [1.82, 2.24) is 15.0 Å². The number of nitriles is 1. The highest BCUT2D eigenvalue weighted by molar-refractivity contribution is 5.70. The van der Waals surface area contributed by atoms with Gasteiger partial charge in [0.1, 0.15) is 29.1 Å². The molecule has 0 aliphatic heterocycles. The molecule has 4 rings (SSSR count). The van der Waals surface area contributed by atoms with Crippen LogP contribution < -0.4 is 10.6 Å². The van der Waals surface area contributed by atoms with E-state index in [1.807, 2.05) is 6.92 Å². The molecule has 1 unspecified atom stereocenters. The molecule has 5 nitrogen and oxygen atoms in total. The van der Waals surface area contributed by atoms with Gasteiger partial charge in [0.15, 0.2) is 11.7 Å². The first-order valence-electron chi connectivity index (χ1n) is 12.2. The first-order chi connectivity index (χ1) is 18.6. The number of nitrogens with one attached hydrogen (secondary N) is 2. The second kappa shape index (κ2) is 11.0. The smallest absolute Gasteiger partial charge is 0.195 e. The summed E-state index contributed by atoms with van der Waals surface area (Å²) in [6.45, 7) is 5.28. The number of hydrogen-bond donors (Lipinski definition) is 3. The molecule has 0 saturated carbocycles. The van der Waals surface area contributed by atoms with E-state index in [1.54, 1.807) is 19.9 Å². The Morgan fingerprint density at radius 2 is 1.92 bits per heavy atom. The Bertz CT molecular complexity index is 1730. The van der Waals surface area contributed by atoms with E-state index in [9.17, 15) is 22.8 Å². The highest BCUT2D eigenvalue weighted by atomic mass is 19.2. The number of rotatable bonds is 7. The summed E-state index contributed by atoms with van der Waals surface area (Å²) in [5.74, 6) is -3.61. The minimum absolute atomic E-state index is 0.0310. The van der Waals surface area contributed by atoms with Crippen LogP contribution in [0.25, 0.3) is 22.8 Å². The zero-order chi connectivity index (χ0) is 28.3. The Balaban J connectivity index is 1.81. The number of imidazole rings is 1. The Morgan fingerprint density at radius 1 is 1.15 bits per heavy atom. The van der Waals surface area contributed by atoms with Gasteiger partial charge >= 0.3 is 0 Å². The van der Waals surface area contributed by atoms with Crippen LogP contribution in [0.5, 0.6) is 0 Å². The molecule has 2 aromatic carbocycles. The molecule has 0 spiro atoms.